The van der Waals surface area contributed by atoms with Crippen LogP contribution in [0.3, 0.4) is 0 Å². The molecule has 22 heavy (non-hydrogen) atoms. The Bertz CT molecular complexity index is 666. The van der Waals surface area contributed by atoms with E-state index in [0.29, 0.717) is 6.42 Å². The zero-order valence-electron chi connectivity index (χ0n) is 13.0. The SMILES string of the molecule is CN(C(=O)C(N)Cc1ccccc1)c1ccc2c(c1)CCC2. The molecule has 0 bridgehead atoms. The van der Waals surface area contributed by atoms with Gasteiger partial charge < -0.3 is 10.6 Å². The third-order valence-corrected chi connectivity index (χ3v) is 4.42. The zero-order valence-corrected chi connectivity index (χ0v) is 13.0. The Morgan fingerprint density at radius 2 is 1.86 bits per heavy atom. The second-order valence-electron chi connectivity index (χ2n) is 6.00. The molecule has 114 valence electrons. The van der Waals surface area contributed by atoms with E-state index < -0.39 is 6.04 Å². The molecule has 3 rings (SSSR count). The highest BCUT2D eigenvalue weighted by atomic mass is 16.2. The smallest absolute Gasteiger partial charge is 0.243 e. The number of fused-ring (bicyclic) bond motifs is 1. The van der Waals surface area contributed by atoms with Gasteiger partial charge in [-0.15, -0.1) is 0 Å². The number of rotatable bonds is 4. The van der Waals surface area contributed by atoms with Crippen molar-refractivity contribution in [2.45, 2.75) is 31.7 Å². The van der Waals surface area contributed by atoms with Gasteiger partial charge in [-0.1, -0.05) is 36.4 Å². The second kappa shape index (κ2) is 6.32. The first-order valence-corrected chi connectivity index (χ1v) is 7.84. The lowest BCUT2D eigenvalue weighted by molar-refractivity contribution is -0.119. The molecule has 0 spiro atoms. The molecule has 1 aliphatic carbocycles. The van der Waals surface area contributed by atoms with E-state index in [2.05, 4.69) is 12.1 Å². The molecular formula is C19H22N2O. The standard InChI is InChI=1S/C19H22N2O/c1-21(17-11-10-15-8-5-9-16(15)13-17)19(22)18(20)12-14-6-3-2-4-7-14/h2-4,6-7,10-11,13,18H,5,8-9,12,20H2,1H3. The molecule has 3 heteroatoms. The number of carbonyl (C=O) groups excluding carboxylic acids is 1. The lowest BCUT2D eigenvalue weighted by atomic mass is 10.0. The third kappa shape index (κ3) is 3.04. The summed E-state index contributed by atoms with van der Waals surface area (Å²) in [6.45, 7) is 0. The molecule has 2 aromatic carbocycles. The molecule has 0 fully saturated rings. The Morgan fingerprint density at radius 1 is 1.14 bits per heavy atom. The topological polar surface area (TPSA) is 46.3 Å². The number of hydrogen-bond donors (Lipinski definition) is 1. The predicted molar refractivity (Wildman–Crippen MR) is 90.0 cm³/mol. The van der Waals surface area contributed by atoms with E-state index in [9.17, 15) is 4.79 Å². The van der Waals surface area contributed by atoms with Crippen LogP contribution in [0.15, 0.2) is 48.5 Å². The first kappa shape index (κ1) is 14.8. The second-order valence-corrected chi connectivity index (χ2v) is 6.00. The van der Waals surface area contributed by atoms with E-state index in [4.69, 9.17) is 5.73 Å². The molecule has 1 aliphatic rings. The molecule has 3 nitrogen and oxygen atoms in total. The van der Waals surface area contributed by atoms with Gasteiger partial charge in [0.25, 0.3) is 0 Å². The molecule has 0 aliphatic heterocycles. The van der Waals surface area contributed by atoms with Crippen molar-refractivity contribution in [2.24, 2.45) is 5.73 Å². The molecule has 2 N–H and O–H groups in total. The van der Waals surface area contributed by atoms with E-state index in [1.807, 2.05) is 43.4 Å². The van der Waals surface area contributed by atoms with Crippen LogP contribution in [0.1, 0.15) is 23.1 Å². The molecule has 1 unspecified atom stereocenters. The number of nitrogens with two attached hydrogens (primary N) is 1. The van der Waals surface area contributed by atoms with Gasteiger partial charge in [0, 0.05) is 12.7 Å². The molecule has 0 radical (unpaired) electrons. The fourth-order valence-electron chi connectivity index (χ4n) is 3.10. The Hall–Kier alpha value is -2.13. The Balaban J connectivity index is 1.71. The van der Waals surface area contributed by atoms with Gasteiger partial charge >= 0.3 is 0 Å². The maximum atomic E-state index is 12.5. The number of likely N-dealkylation sites (N-methyl/N-ethyl adjacent to an activating group) is 1. The van der Waals surface area contributed by atoms with Gasteiger partial charge in [-0.2, -0.15) is 0 Å². The molecule has 0 aromatic heterocycles. The average molecular weight is 294 g/mol. The van der Waals surface area contributed by atoms with Gasteiger partial charge in [-0.25, -0.2) is 0 Å². The van der Waals surface area contributed by atoms with Crippen LogP contribution in [0.25, 0.3) is 0 Å². The summed E-state index contributed by atoms with van der Waals surface area (Å²) < 4.78 is 0. The summed E-state index contributed by atoms with van der Waals surface area (Å²) in [6, 6.07) is 15.7. The summed E-state index contributed by atoms with van der Waals surface area (Å²) in [5, 5.41) is 0. The highest BCUT2D eigenvalue weighted by molar-refractivity contribution is 5.96. The normalized spacial score (nSPS) is 14.5. The van der Waals surface area contributed by atoms with Crippen molar-refractivity contribution < 1.29 is 4.79 Å². The maximum Gasteiger partial charge on any atom is 0.243 e. The molecule has 1 amide bonds. The fourth-order valence-corrected chi connectivity index (χ4v) is 3.10. The molecule has 1 atom stereocenters. The molecule has 2 aromatic rings. The van der Waals surface area contributed by atoms with Crippen LogP contribution in [0, 0.1) is 0 Å². The number of carbonyl (C=O) groups is 1. The lowest BCUT2D eigenvalue weighted by Crippen LogP contribution is -2.43. The number of aryl methyl sites for hydroxylation is 2. The summed E-state index contributed by atoms with van der Waals surface area (Å²) in [7, 11) is 1.81. The average Bonchev–Trinajstić information content (AvgIpc) is 3.02. The van der Waals surface area contributed by atoms with Crippen molar-refractivity contribution in [2.75, 3.05) is 11.9 Å². The predicted octanol–water partition coefficient (Wildman–Crippen LogP) is 2.71. The minimum Gasteiger partial charge on any atom is -0.320 e. The summed E-state index contributed by atoms with van der Waals surface area (Å²) in [5.74, 6) is -0.0400. The number of hydrogen-bond acceptors (Lipinski definition) is 2. The Morgan fingerprint density at radius 3 is 2.64 bits per heavy atom. The first-order chi connectivity index (χ1) is 10.6. The first-order valence-electron chi connectivity index (χ1n) is 7.84. The van der Waals surface area contributed by atoms with Crippen LogP contribution in [0.2, 0.25) is 0 Å². The van der Waals surface area contributed by atoms with Gasteiger partial charge in [0.05, 0.1) is 6.04 Å². The summed E-state index contributed by atoms with van der Waals surface area (Å²) >= 11 is 0. The highest BCUT2D eigenvalue weighted by Gasteiger charge is 2.21. The Kier molecular flexibility index (Phi) is 4.25. The summed E-state index contributed by atoms with van der Waals surface area (Å²) in [5.41, 5.74) is 10.9. The fraction of sp³-hybridized carbons (Fsp3) is 0.316. The molecule has 0 heterocycles. The molecule has 0 saturated heterocycles. The summed E-state index contributed by atoms with van der Waals surface area (Å²) in [4.78, 5) is 14.2. The van der Waals surface area contributed by atoms with Crippen LogP contribution in [-0.2, 0) is 24.1 Å². The van der Waals surface area contributed by atoms with Crippen molar-refractivity contribution in [1.29, 1.82) is 0 Å². The zero-order chi connectivity index (χ0) is 15.5. The molecular weight excluding hydrogens is 272 g/mol. The van der Waals surface area contributed by atoms with E-state index in [1.54, 1.807) is 4.90 Å². The van der Waals surface area contributed by atoms with Crippen molar-refractivity contribution >= 4 is 11.6 Å². The largest absolute Gasteiger partial charge is 0.320 e. The van der Waals surface area contributed by atoms with Crippen LogP contribution in [0.5, 0.6) is 0 Å². The van der Waals surface area contributed by atoms with Gasteiger partial charge in [-0.3, -0.25) is 4.79 Å². The van der Waals surface area contributed by atoms with Crippen molar-refractivity contribution in [3.05, 3.63) is 65.2 Å². The van der Waals surface area contributed by atoms with Crippen LogP contribution in [-0.4, -0.2) is 19.0 Å². The van der Waals surface area contributed by atoms with Crippen molar-refractivity contribution in [3.8, 4) is 0 Å². The maximum absolute atomic E-state index is 12.5. The third-order valence-electron chi connectivity index (χ3n) is 4.42. The minimum absolute atomic E-state index is 0.0400. The van der Waals surface area contributed by atoms with Crippen LogP contribution < -0.4 is 10.6 Å². The lowest BCUT2D eigenvalue weighted by Gasteiger charge is -2.22. The number of amides is 1. The Labute approximate surface area is 131 Å². The number of nitrogens with zero attached hydrogens (tertiary/aromatic N) is 1. The molecule has 0 saturated carbocycles. The van der Waals surface area contributed by atoms with Crippen molar-refractivity contribution in [1.82, 2.24) is 0 Å². The highest BCUT2D eigenvalue weighted by Crippen LogP contribution is 2.26. The quantitative estimate of drug-likeness (QED) is 0.942. The van der Waals surface area contributed by atoms with Gasteiger partial charge in [-0.05, 0) is 54.5 Å². The monoisotopic (exact) mass is 294 g/mol. The van der Waals surface area contributed by atoms with Gasteiger partial charge in [0.15, 0.2) is 0 Å². The van der Waals surface area contributed by atoms with Crippen LogP contribution >= 0.6 is 0 Å². The van der Waals surface area contributed by atoms with E-state index in [-0.39, 0.29) is 5.91 Å². The van der Waals surface area contributed by atoms with E-state index in [0.717, 1.165) is 24.1 Å². The number of benzene rings is 2. The van der Waals surface area contributed by atoms with Gasteiger partial charge in [0.1, 0.15) is 0 Å². The summed E-state index contributed by atoms with van der Waals surface area (Å²) in [6.07, 6.45) is 4.04. The van der Waals surface area contributed by atoms with Crippen molar-refractivity contribution in [3.63, 3.8) is 0 Å². The minimum atomic E-state index is -0.513. The number of anilines is 1. The van der Waals surface area contributed by atoms with Gasteiger partial charge in [0.2, 0.25) is 5.91 Å². The van der Waals surface area contributed by atoms with E-state index >= 15 is 0 Å². The van der Waals surface area contributed by atoms with E-state index in [1.165, 1.54) is 17.5 Å². The van der Waals surface area contributed by atoms with Crippen LogP contribution in [0.4, 0.5) is 5.69 Å².